The van der Waals surface area contributed by atoms with Gasteiger partial charge in [0, 0.05) is 44.6 Å². The summed E-state index contributed by atoms with van der Waals surface area (Å²) in [5.41, 5.74) is 1.04. The number of hydrogen-bond acceptors (Lipinski definition) is 3. The van der Waals surface area contributed by atoms with Crippen molar-refractivity contribution in [2.45, 2.75) is 50.2 Å². The third kappa shape index (κ3) is 3.96. The minimum Gasteiger partial charge on any atom is -0.349 e. The van der Waals surface area contributed by atoms with Crippen LogP contribution in [-0.4, -0.2) is 36.9 Å². The number of sulfonamides is 1. The predicted octanol–water partition coefficient (Wildman–Crippen LogP) is 1.96. The molecule has 1 N–H and O–H groups in total. The van der Waals surface area contributed by atoms with Crippen LogP contribution in [0.3, 0.4) is 0 Å². The number of rotatable bonds is 9. The highest BCUT2D eigenvalue weighted by Crippen LogP contribution is 2.22. The van der Waals surface area contributed by atoms with Gasteiger partial charge in [0.05, 0.1) is 0 Å². The largest absolute Gasteiger partial charge is 0.349 e. The third-order valence-electron chi connectivity index (χ3n) is 3.67. The molecule has 1 aromatic heterocycles. The Morgan fingerprint density at radius 2 is 2.24 bits per heavy atom. The molecule has 118 valence electrons. The molecule has 0 aromatic carbocycles. The van der Waals surface area contributed by atoms with Crippen molar-refractivity contribution in [3.63, 3.8) is 0 Å². The molecule has 1 aromatic rings. The molecule has 5 nitrogen and oxygen atoms in total. The smallest absolute Gasteiger partial charge is 0.244 e. The lowest BCUT2D eigenvalue weighted by atomic mass is 10.4. The van der Waals surface area contributed by atoms with Gasteiger partial charge in [-0.25, -0.2) is 8.42 Å². The molecule has 6 heteroatoms. The lowest BCUT2D eigenvalue weighted by Gasteiger charge is -2.13. The summed E-state index contributed by atoms with van der Waals surface area (Å²) >= 11 is 0. The highest BCUT2D eigenvalue weighted by Gasteiger charge is 2.24. The summed E-state index contributed by atoms with van der Waals surface area (Å²) in [6.07, 6.45) is 6.77. The zero-order chi connectivity index (χ0) is 15.5. The van der Waals surface area contributed by atoms with Gasteiger partial charge in [-0.1, -0.05) is 13.0 Å². The number of aromatic nitrogens is 1. The molecule has 0 unspecified atom stereocenters. The van der Waals surface area contributed by atoms with Crippen LogP contribution in [0.5, 0.6) is 0 Å². The van der Waals surface area contributed by atoms with Crippen molar-refractivity contribution >= 4 is 10.0 Å². The first-order chi connectivity index (χ1) is 9.98. The lowest BCUT2D eigenvalue weighted by molar-refractivity contribution is 0.499. The van der Waals surface area contributed by atoms with Gasteiger partial charge in [-0.3, -0.25) is 0 Å². The van der Waals surface area contributed by atoms with E-state index in [0.717, 1.165) is 25.2 Å². The maximum Gasteiger partial charge on any atom is 0.244 e. The predicted molar refractivity (Wildman–Crippen MR) is 84.6 cm³/mol. The number of aryl methyl sites for hydroxylation is 1. The van der Waals surface area contributed by atoms with E-state index >= 15 is 0 Å². The quantitative estimate of drug-likeness (QED) is 0.709. The van der Waals surface area contributed by atoms with Crippen molar-refractivity contribution in [2.24, 2.45) is 0 Å². The Balaban J connectivity index is 2.22. The van der Waals surface area contributed by atoms with Crippen LogP contribution < -0.4 is 5.32 Å². The average Bonchev–Trinajstić information content (AvgIpc) is 3.18. The normalized spacial score (nSPS) is 15.6. The molecule has 2 rings (SSSR count). The molecule has 1 aliphatic carbocycles. The van der Waals surface area contributed by atoms with E-state index in [1.807, 2.05) is 4.57 Å². The summed E-state index contributed by atoms with van der Waals surface area (Å²) in [7, 11) is -1.85. The van der Waals surface area contributed by atoms with Crippen LogP contribution in [0, 0.1) is 0 Å². The van der Waals surface area contributed by atoms with Gasteiger partial charge in [-0.2, -0.15) is 4.31 Å². The lowest BCUT2D eigenvalue weighted by Crippen LogP contribution is -2.26. The molecule has 0 atom stereocenters. The molecule has 1 saturated carbocycles. The molecule has 1 heterocycles. The molecule has 0 aliphatic heterocycles. The monoisotopic (exact) mass is 311 g/mol. The molecule has 0 spiro atoms. The maximum atomic E-state index is 12.5. The summed E-state index contributed by atoms with van der Waals surface area (Å²) in [6, 6.07) is 2.40. The molecular weight excluding hydrogens is 286 g/mol. The highest BCUT2D eigenvalue weighted by molar-refractivity contribution is 7.89. The van der Waals surface area contributed by atoms with E-state index in [2.05, 4.69) is 18.8 Å². The van der Waals surface area contributed by atoms with Gasteiger partial charge in [0.15, 0.2) is 0 Å². The summed E-state index contributed by atoms with van der Waals surface area (Å²) in [5, 5.41) is 3.45. The van der Waals surface area contributed by atoms with Crippen molar-refractivity contribution < 1.29 is 8.42 Å². The third-order valence-corrected chi connectivity index (χ3v) is 5.46. The van der Waals surface area contributed by atoms with Crippen molar-refractivity contribution in [1.29, 1.82) is 0 Å². The molecule has 1 aliphatic rings. The van der Waals surface area contributed by atoms with Crippen molar-refractivity contribution in [3.8, 4) is 0 Å². The van der Waals surface area contributed by atoms with Crippen LogP contribution in [0.4, 0.5) is 0 Å². The molecule has 0 amide bonds. The van der Waals surface area contributed by atoms with Gasteiger partial charge in [0.2, 0.25) is 10.0 Å². The first kappa shape index (κ1) is 16.3. The second-order valence-corrected chi connectivity index (χ2v) is 7.63. The van der Waals surface area contributed by atoms with Crippen LogP contribution in [0.15, 0.2) is 29.8 Å². The van der Waals surface area contributed by atoms with E-state index in [1.54, 1.807) is 25.4 Å². The Labute approximate surface area is 127 Å². The van der Waals surface area contributed by atoms with E-state index in [0.29, 0.717) is 17.5 Å². The van der Waals surface area contributed by atoms with Gasteiger partial charge in [0.1, 0.15) is 4.90 Å². The Morgan fingerprint density at radius 1 is 1.52 bits per heavy atom. The Morgan fingerprint density at radius 3 is 2.81 bits per heavy atom. The van der Waals surface area contributed by atoms with E-state index in [9.17, 15) is 8.42 Å². The van der Waals surface area contributed by atoms with Gasteiger partial charge < -0.3 is 9.88 Å². The van der Waals surface area contributed by atoms with Gasteiger partial charge >= 0.3 is 0 Å². The molecule has 0 saturated heterocycles. The first-order valence-electron chi connectivity index (χ1n) is 7.48. The summed E-state index contributed by atoms with van der Waals surface area (Å²) in [6.45, 7) is 7.57. The first-order valence-corrected chi connectivity index (χ1v) is 8.92. The van der Waals surface area contributed by atoms with Crippen LogP contribution >= 0.6 is 0 Å². The molecular formula is C15H25N3O2S. The Bertz CT molecular complexity index is 588. The van der Waals surface area contributed by atoms with Crippen LogP contribution in [-0.2, 0) is 23.1 Å². The molecule has 1 fully saturated rings. The zero-order valence-electron chi connectivity index (χ0n) is 12.9. The molecule has 21 heavy (non-hydrogen) atoms. The Kier molecular flexibility index (Phi) is 5.24. The van der Waals surface area contributed by atoms with Crippen molar-refractivity contribution in [3.05, 3.63) is 30.6 Å². The van der Waals surface area contributed by atoms with Crippen molar-refractivity contribution in [2.75, 3.05) is 13.6 Å². The molecule has 0 bridgehead atoms. The topological polar surface area (TPSA) is 54.3 Å². The fraction of sp³-hybridized carbons (Fsp3) is 0.600. The maximum absolute atomic E-state index is 12.5. The van der Waals surface area contributed by atoms with E-state index in [-0.39, 0.29) is 0 Å². The van der Waals surface area contributed by atoms with Crippen LogP contribution in [0.25, 0.3) is 0 Å². The fourth-order valence-corrected chi connectivity index (χ4v) is 3.47. The summed E-state index contributed by atoms with van der Waals surface area (Å²) in [5.74, 6) is 0. The van der Waals surface area contributed by atoms with Crippen LogP contribution in [0.1, 0.15) is 31.9 Å². The second-order valence-electron chi connectivity index (χ2n) is 5.59. The van der Waals surface area contributed by atoms with E-state index < -0.39 is 10.0 Å². The second kappa shape index (κ2) is 6.77. The molecule has 0 radical (unpaired) electrons. The highest BCUT2D eigenvalue weighted by atomic mass is 32.2. The Hall–Kier alpha value is -1.11. The number of nitrogens with zero attached hydrogens (tertiary/aromatic N) is 2. The fourth-order valence-electron chi connectivity index (χ4n) is 2.26. The van der Waals surface area contributed by atoms with Crippen LogP contribution in [0.2, 0.25) is 0 Å². The van der Waals surface area contributed by atoms with Gasteiger partial charge in [0.25, 0.3) is 0 Å². The zero-order valence-corrected chi connectivity index (χ0v) is 13.7. The SMILES string of the molecule is C=CCN(C)S(=O)(=O)c1cc(CNC2CC2)n(CCC)c1. The minimum atomic E-state index is -3.43. The summed E-state index contributed by atoms with van der Waals surface area (Å²) < 4.78 is 28.3. The standard InChI is InChI=1S/C15H25N3O2S/c1-4-8-17(3)21(19,20)15-10-14(11-16-13-6-7-13)18(12-15)9-5-2/h4,10,12-13,16H,1,5-9,11H2,2-3H3. The van der Waals surface area contributed by atoms with E-state index in [4.69, 9.17) is 0 Å². The number of likely N-dealkylation sites (N-methyl/N-ethyl adjacent to an activating group) is 1. The summed E-state index contributed by atoms with van der Waals surface area (Å²) in [4.78, 5) is 0.368. The van der Waals surface area contributed by atoms with E-state index in [1.165, 1.54) is 17.1 Å². The van der Waals surface area contributed by atoms with Gasteiger partial charge in [-0.05, 0) is 25.3 Å². The van der Waals surface area contributed by atoms with Gasteiger partial charge in [-0.15, -0.1) is 6.58 Å². The number of nitrogens with one attached hydrogen (secondary N) is 1. The van der Waals surface area contributed by atoms with Crippen molar-refractivity contribution in [1.82, 2.24) is 14.2 Å². The minimum absolute atomic E-state index is 0.316. The average molecular weight is 311 g/mol. The number of hydrogen-bond donors (Lipinski definition) is 1.